The van der Waals surface area contributed by atoms with Gasteiger partial charge in [-0.2, -0.15) is 0 Å². The summed E-state index contributed by atoms with van der Waals surface area (Å²) in [7, 11) is 0. The molecule has 0 radical (unpaired) electrons. The molecule has 0 bridgehead atoms. The number of carbonyl (C=O) groups excluding carboxylic acids is 1. The van der Waals surface area contributed by atoms with E-state index in [1.54, 1.807) is 0 Å². The van der Waals surface area contributed by atoms with Crippen LogP contribution in [0.5, 0.6) is 0 Å². The normalized spacial score (nSPS) is 13.4. The van der Waals surface area contributed by atoms with Gasteiger partial charge in [-0.1, -0.05) is 29.8 Å². The Morgan fingerprint density at radius 2 is 1.70 bits per heavy atom. The summed E-state index contributed by atoms with van der Waals surface area (Å²) in [5.74, 6) is 0.0377. The van der Waals surface area contributed by atoms with E-state index in [1.165, 1.54) is 22.9 Å². The maximum absolute atomic E-state index is 12.4. The average molecular weight is 348 g/mol. The lowest BCUT2D eigenvalue weighted by Crippen LogP contribution is -2.33. The van der Waals surface area contributed by atoms with Crippen molar-refractivity contribution in [1.82, 2.24) is 5.32 Å². The standard InChI is InChI=1S/C19H22ClNOS/c1-12-5-6-16(11-13(12)2)14(3)21-19(22)15(4)23-18-9-7-17(20)8-10-18/h5-11,14-15H,1-4H3,(H,21,22)/t14-,15+/m0/s1. The zero-order valence-electron chi connectivity index (χ0n) is 13.9. The Morgan fingerprint density at radius 1 is 1.04 bits per heavy atom. The van der Waals surface area contributed by atoms with E-state index in [9.17, 15) is 4.79 Å². The molecule has 0 fully saturated rings. The first-order chi connectivity index (χ1) is 10.9. The molecule has 2 rings (SSSR count). The molecule has 1 N–H and O–H groups in total. The summed E-state index contributed by atoms with van der Waals surface area (Å²) in [5, 5.41) is 3.63. The first-order valence-electron chi connectivity index (χ1n) is 7.66. The van der Waals surface area contributed by atoms with Gasteiger partial charge in [0.05, 0.1) is 11.3 Å². The average Bonchev–Trinajstić information content (AvgIpc) is 2.52. The van der Waals surface area contributed by atoms with Crippen molar-refractivity contribution in [3.8, 4) is 0 Å². The van der Waals surface area contributed by atoms with Crippen molar-refractivity contribution >= 4 is 29.3 Å². The number of benzene rings is 2. The van der Waals surface area contributed by atoms with Crippen LogP contribution in [0.15, 0.2) is 47.4 Å². The Balaban J connectivity index is 1.96. The van der Waals surface area contributed by atoms with Crippen LogP contribution in [0.2, 0.25) is 5.02 Å². The maximum Gasteiger partial charge on any atom is 0.233 e. The van der Waals surface area contributed by atoms with E-state index in [1.807, 2.05) is 38.1 Å². The maximum atomic E-state index is 12.4. The van der Waals surface area contributed by atoms with Crippen LogP contribution in [0.3, 0.4) is 0 Å². The summed E-state index contributed by atoms with van der Waals surface area (Å²) in [6.07, 6.45) is 0. The second kappa shape index (κ2) is 7.89. The van der Waals surface area contributed by atoms with E-state index >= 15 is 0 Å². The summed E-state index contributed by atoms with van der Waals surface area (Å²) in [6.45, 7) is 8.11. The van der Waals surface area contributed by atoms with Gasteiger partial charge in [0, 0.05) is 9.92 Å². The Labute approximate surface area is 147 Å². The van der Waals surface area contributed by atoms with E-state index in [4.69, 9.17) is 11.6 Å². The molecule has 0 saturated carbocycles. The third-order valence-corrected chi connectivity index (χ3v) is 5.25. The molecule has 122 valence electrons. The highest BCUT2D eigenvalue weighted by molar-refractivity contribution is 8.00. The third-order valence-electron chi connectivity index (χ3n) is 3.89. The Bertz CT molecular complexity index is 684. The minimum atomic E-state index is -0.162. The number of amides is 1. The SMILES string of the molecule is Cc1ccc([C@H](C)NC(=O)[C@@H](C)Sc2ccc(Cl)cc2)cc1C. The molecular weight excluding hydrogens is 326 g/mol. The third kappa shape index (κ3) is 5.02. The second-order valence-corrected chi connectivity index (χ2v) is 7.64. The van der Waals surface area contributed by atoms with Crippen molar-refractivity contribution in [2.45, 2.75) is 43.9 Å². The van der Waals surface area contributed by atoms with Crippen molar-refractivity contribution in [3.63, 3.8) is 0 Å². The molecular formula is C19H22ClNOS. The van der Waals surface area contributed by atoms with E-state index in [-0.39, 0.29) is 17.2 Å². The molecule has 0 aromatic heterocycles. The molecule has 0 unspecified atom stereocenters. The monoisotopic (exact) mass is 347 g/mol. The molecule has 2 atom stereocenters. The van der Waals surface area contributed by atoms with Crippen LogP contribution in [0.1, 0.15) is 36.6 Å². The predicted molar refractivity (Wildman–Crippen MR) is 99.2 cm³/mol. The number of hydrogen-bond acceptors (Lipinski definition) is 2. The molecule has 0 heterocycles. The van der Waals surface area contributed by atoms with Crippen molar-refractivity contribution < 1.29 is 4.79 Å². The summed E-state index contributed by atoms with van der Waals surface area (Å²) in [5.41, 5.74) is 3.64. The summed E-state index contributed by atoms with van der Waals surface area (Å²) < 4.78 is 0. The van der Waals surface area contributed by atoms with E-state index < -0.39 is 0 Å². The number of hydrogen-bond donors (Lipinski definition) is 1. The molecule has 0 aliphatic rings. The zero-order chi connectivity index (χ0) is 17.0. The van der Waals surface area contributed by atoms with Crippen LogP contribution in [-0.4, -0.2) is 11.2 Å². The fourth-order valence-corrected chi connectivity index (χ4v) is 3.22. The lowest BCUT2D eigenvalue weighted by atomic mass is 10.0. The lowest BCUT2D eigenvalue weighted by Gasteiger charge is -2.18. The van der Waals surface area contributed by atoms with Crippen LogP contribution in [-0.2, 0) is 4.79 Å². The second-order valence-electron chi connectivity index (χ2n) is 5.79. The molecule has 0 saturated heterocycles. The fraction of sp³-hybridized carbons (Fsp3) is 0.316. The first kappa shape index (κ1) is 17.9. The highest BCUT2D eigenvalue weighted by Crippen LogP contribution is 2.25. The van der Waals surface area contributed by atoms with Gasteiger partial charge in [-0.05, 0) is 68.7 Å². The number of carbonyl (C=O) groups is 1. The predicted octanol–water partition coefficient (Wildman–Crippen LogP) is 5.31. The van der Waals surface area contributed by atoms with Gasteiger partial charge >= 0.3 is 0 Å². The van der Waals surface area contributed by atoms with Gasteiger partial charge in [-0.3, -0.25) is 4.79 Å². The molecule has 23 heavy (non-hydrogen) atoms. The summed E-state index contributed by atoms with van der Waals surface area (Å²) in [6, 6.07) is 13.8. The van der Waals surface area contributed by atoms with Gasteiger partial charge in [-0.15, -0.1) is 11.8 Å². The minimum Gasteiger partial charge on any atom is -0.349 e. The van der Waals surface area contributed by atoms with Gasteiger partial charge in [-0.25, -0.2) is 0 Å². The van der Waals surface area contributed by atoms with Crippen molar-refractivity contribution in [2.24, 2.45) is 0 Å². The molecule has 1 amide bonds. The van der Waals surface area contributed by atoms with E-state index in [2.05, 4.69) is 37.4 Å². The van der Waals surface area contributed by atoms with Crippen LogP contribution in [0.25, 0.3) is 0 Å². The molecule has 0 spiro atoms. The quantitative estimate of drug-likeness (QED) is 0.742. The Hall–Kier alpha value is -1.45. The molecule has 0 aliphatic heterocycles. The molecule has 2 aromatic carbocycles. The van der Waals surface area contributed by atoms with Gasteiger partial charge in [0.15, 0.2) is 0 Å². The van der Waals surface area contributed by atoms with Crippen LogP contribution in [0.4, 0.5) is 0 Å². The number of halogens is 1. The fourth-order valence-electron chi connectivity index (χ4n) is 2.22. The first-order valence-corrected chi connectivity index (χ1v) is 8.92. The number of rotatable bonds is 5. The van der Waals surface area contributed by atoms with Crippen LogP contribution in [0, 0.1) is 13.8 Å². The zero-order valence-corrected chi connectivity index (χ0v) is 15.5. The van der Waals surface area contributed by atoms with Gasteiger partial charge in [0.25, 0.3) is 0 Å². The molecule has 2 nitrogen and oxygen atoms in total. The van der Waals surface area contributed by atoms with Gasteiger partial charge < -0.3 is 5.32 Å². The number of nitrogens with one attached hydrogen (secondary N) is 1. The minimum absolute atomic E-state index is 0.00457. The summed E-state index contributed by atoms with van der Waals surface area (Å²) >= 11 is 7.42. The van der Waals surface area contributed by atoms with E-state index in [0.717, 1.165) is 10.5 Å². The molecule has 0 aliphatic carbocycles. The van der Waals surface area contributed by atoms with Gasteiger partial charge in [0.1, 0.15) is 0 Å². The lowest BCUT2D eigenvalue weighted by molar-refractivity contribution is -0.120. The largest absolute Gasteiger partial charge is 0.349 e. The van der Waals surface area contributed by atoms with Crippen molar-refractivity contribution in [1.29, 1.82) is 0 Å². The summed E-state index contributed by atoms with van der Waals surface area (Å²) in [4.78, 5) is 13.4. The number of thioether (sulfide) groups is 1. The van der Waals surface area contributed by atoms with E-state index in [0.29, 0.717) is 5.02 Å². The van der Waals surface area contributed by atoms with Crippen LogP contribution >= 0.6 is 23.4 Å². The molecule has 2 aromatic rings. The highest BCUT2D eigenvalue weighted by Gasteiger charge is 2.17. The topological polar surface area (TPSA) is 29.1 Å². The smallest absolute Gasteiger partial charge is 0.233 e. The van der Waals surface area contributed by atoms with Crippen molar-refractivity contribution in [2.75, 3.05) is 0 Å². The Kier molecular flexibility index (Phi) is 6.14. The molecule has 4 heteroatoms. The van der Waals surface area contributed by atoms with Crippen LogP contribution < -0.4 is 5.32 Å². The van der Waals surface area contributed by atoms with Gasteiger partial charge in [0.2, 0.25) is 5.91 Å². The Morgan fingerprint density at radius 3 is 2.30 bits per heavy atom. The van der Waals surface area contributed by atoms with Crippen molar-refractivity contribution in [3.05, 3.63) is 64.2 Å². The highest BCUT2D eigenvalue weighted by atomic mass is 35.5. The number of aryl methyl sites for hydroxylation is 2.